The lowest BCUT2D eigenvalue weighted by molar-refractivity contribution is 0.599. The van der Waals surface area contributed by atoms with E-state index < -0.39 is 9.84 Å². The molecule has 0 atom stereocenters. The monoisotopic (exact) mass is 285 g/mol. The van der Waals surface area contributed by atoms with Crippen LogP contribution < -0.4 is 5.73 Å². The van der Waals surface area contributed by atoms with E-state index in [0.717, 1.165) is 6.26 Å². The molecule has 0 unspecified atom stereocenters. The molecular weight excluding hydrogens is 278 g/mol. The van der Waals surface area contributed by atoms with E-state index in [1.54, 1.807) is 6.92 Å². The van der Waals surface area contributed by atoms with E-state index >= 15 is 0 Å². The second-order valence-corrected chi connectivity index (χ2v) is 5.98. The smallest absolute Gasteiger partial charge is 0.264 e. The van der Waals surface area contributed by atoms with Crippen LogP contribution in [0.2, 0.25) is 5.02 Å². The topological polar surface area (TPSA) is 94.7 Å². The van der Waals surface area contributed by atoms with E-state index in [9.17, 15) is 8.42 Å². The van der Waals surface area contributed by atoms with Crippen molar-refractivity contribution in [2.24, 2.45) is 0 Å². The summed E-state index contributed by atoms with van der Waals surface area (Å²) in [6.07, 6.45) is 0.955. The maximum Gasteiger partial charge on any atom is 0.264 e. The summed E-state index contributed by atoms with van der Waals surface area (Å²) in [4.78, 5) is 6.99. The molecule has 18 heavy (non-hydrogen) atoms. The lowest BCUT2D eigenvalue weighted by Gasteiger charge is -2.06. The van der Waals surface area contributed by atoms with Crippen molar-refractivity contribution >= 4 is 38.6 Å². The maximum absolute atomic E-state index is 11.6. The first-order valence-electron chi connectivity index (χ1n) is 4.69. The molecule has 0 aliphatic rings. The number of hydrogen-bond donors (Lipinski definition) is 1. The Kier molecular flexibility index (Phi) is 2.68. The summed E-state index contributed by atoms with van der Waals surface area (Å²) in [7, 11) is -3.67. The molecule has 0 aliphatic carbocycles. The van der Waals surface area contributed by atoms with Gasteiger partial charge in [0.2, 0.25) is 0 Å². The van der Waals surface area contributed by atoms with Gasteiger partial charge in [-0.05, 0) is 6.92 Å². The number of aryl methyl sites for hydroxylation is 1. The van der Waals surface area contributed by atoms with Crippen LogP contribution in [0.5, 0.6) is 0 Å². The molecule has 0 radical (unpaired) electrons. The molecule has 0 saturated carbocycles. The SMILES string of the molecule is [C-]#[N+]c1c(S(C)(=O)=O)nc2c(Cl)c(C)nn2c1N. The second kappa shape index (κ2) is 3.83. The van der Waals surface area contributed by atoms with Crippen molar-refractivity contribution in [1.29, 1.82) is 0 Å². The number of nitrogens with two attached hydrogens (primary N) is 1. The molecule has 0 fully saturated rings. The minimum atomic E-state index is -3.67. The quantitative estimate of drug-likeness (QED) is 0.628. The maximum atomic E-state index is 11.6. The summed E-state index contributed by atoms with van der Waals surface area (Å²) < 4.78 is 24.4. The van der Waals surface area contributed by atoms with Gasteiger partial charge in [0, 0.05) is 6.26 Å². The number of rotatable bonds is 1. The number of sulfone groups is 1. The molecule has 0 aromatic carbocycles. The third kappa shape index (κ3) is 1.68. The zero-order valence-corrected chi connectivity index (χ0v) is 11.0. The van der Waals surface area contributed by atoms with Crippen LogP contribution in [0.3, 0.4) is 0 Å². The first-order valence-corrected chi connectivity index (χ1v) is 6.96. The summed E-state index contributed by atoms with van der Waals surface area (Å²) in [5, 5.41) is 3.83. The summed E-state index contributed by atoms with van der Waals surface area (Å²) >= 11 is 5.96. The predicted octanol–water partition coefficient (Wildman–Crippen LogP) is 1.23. The van der Waals surface area contributed by atoms with Crippen LogP contribution >= 0.6 is 11.6 Å². The normalized spacial score (nSPS) is 11.7. The summed E-state index contributed by atoms with van der Waals surface area (Å²) in [5.74, 6) is -0.0922. The average molecular weight is 286 g/mol. The van der Waals surface area contributed by atoms with E-state index in [4.69, 9.17) is 23.9 Å². The molecule has 2 aromatic rings. The van der Waals surface area contributed by atoms with Crippen LogP contribution in [0.4, 0.5) is 11.5 Å². The van der Waals surface area contributed by atoms with Crippen LogP contribution in [0.25, 0.3) is 10.5 Å². The van der Waals surface area contributed by atoms with E-state index in [1.807, 2.05) is 0 Å². The molecule has 9 heteroatoms. The molecule has 94 valence electrons. The highest BCUT2D eigenvalue weighted by Crippen LogP contribution is 2.32. The Bertz CT molecular complexity index is 803. The zero-order chi connectivity index (χ0) is 13.7. The standard InChI is InChI=1S/C9H8ClN5O2S/c1-4-5(10)8-13-9(18(3,16)17)6(12-2)7(11)15(8)14-4/h11H2,1,3H3. The van der Waals surface area contributed by atoms with Gasteiger partial charge in [-0.15, -0.1) is 0 Å². The fraction of sp³-hybridized carbons (Fsp3) is 0.222. The molecule has 2 aromatic heterocycles. The molecule has 2 heterocycles. The van der Waals surface area contributed by atoms with Gasteiger partial charge in [-0.1, -0.05) is 11.6 Å². The van der Waals surface area contributed by atoms with Crippen molar-refractivity contribution in [3.05, 3.63) is 22.1 Å². The second-order valence-electron chi connectivity index (χ2n) is 3.67. The van der Waals surface area contributed by atoms with Gasteiger partial charge >= 0.3 is 0 Å². The van der Waals surface area contributed by atoms with E-state index in [-0.39, 0.29) is 27.2 Å². The number of halogens is 1. The number of fused-ring (bicyclic) bond motifs is 1. The molecule has 7 nitrogen and oxygen atoms in total. The first kappa shape index (κ1) is 12.6. The van der Waals surface area contributed by atoms with Crippen LogP contribution in [0.15, 0.2) is 5.03 Å². The summed E-state index contributed by atoms with van der Waals surface area (Å²) in [6.45, 7) is 8.64. The fourth-order valence-corrected chi connectivity index (χ4v) is 2.40. The van der Waals surface area contributed by atoms with Gasteiger partial charge in [0.25, 0.3) is 5.69 Å². The summed E-state index contributed by atoms with van der Waals surface area (Å²) in [6, 6.07) is 0. The molecular formula is C9H8ClN5O2S. The largest absolute Gasteiger partial charge is 0.392 e. The molecule has 0 amide bonds. The van der Waals surface area contributed by atoms with Crippen molar-refractivity contribution in [2.45, 2.75) is 11.9 Å². The van der Waals surface area contributed by atoms with E-state index in [0.29, 0.717) is 5.69 Å². The summed E-state index contributed by atoms with van der Waals surface area (Å²) in [5.41, 5.74) is 6.07. The molecule has 2 rings (SSSR count). The average Bonchev–Trinajstić information content (AvgIpc) is 2.55. The molecule has 0 bridgehead atoms. The van der Waals surface area contributed by atoms with Crippen molar-refractivity contribution < 1.29 is 8.42 Å². The Morgan fingerprint density at radius 1 is 1.50 bits per heavy atom. The molecule has 0 aliphatic heterocycles. The third-order valence-corrected chi connectivity index (χ3v) is 3.74. The van der Waals surface area contributed by atoms with Crippen molar-refractivity contribution in [2.75, 3.05) is 12.0 Å². The highest BCUT2D eigenvalue weighted by atomic mass is 35.5. The van der Waals surface area contributed by atoms with Gasteiger partial charge < -0.3 is 5.73 Å². The highest BCUT2D eigenvalue weighted by Gasteiger charge is 2.23. The Morgan fingerprint density at radius 3 is 2.61 bits per heavy atom. The number of aromatic nitrogens is 3. The zero-order valence-electron chi connectivity index (χ0n) is 9.47. The minimum Gasteiger partial charge on any atom is -0.392 e. The van der Waals surface area contributed by atoms with Gasteiger partial charge in [0.1, 0.15) is 10.8 Å². The minimum absolute atomic E-state index is 0.0922. The van der Waals surface area contributed by atoms with Crippen LogP contribution in [-0.4, -0.2) is 29.3 Å². The Balaban J connectivity index is 3.07. The highest BCUT2D eigenvalue weighted by molar-refractivity contribution is 7.90. The third-order valence-electron chi connectivity index (χ3n) is 2.31. The van der Waals surface area contributed by atoms with Gasteiger partial charge in [-0.3, -0.25) is 0 Å². The van der Waals surface area contributed by atoms with Gasteiger partial charge in [-0.25, -0.2) is 22.8 Å². The number of hydrogen-bond acceptors (Lipinski definition) is 5. The Labute approximate surface area is 108 Å². The van der Waals surface area contributed by atoms with Crippen molar-refractivity contribution in [3.63, 3.8) is 0 Å². The predicted molar refractivity (Wildman–Crippen MR) is 66.5 cm³/mol. The number of nitrogen functional groups attached to an aromatic ring is 1. The van der Waals surface area contributed by atoms with Crippen LogP contribution in [0, 0.1) is 13.5 Å². The lowest BCUT2D eigenvalue weighted by Crippen LogP contribution is -2.08. The van der Waals surface area contributed by atoms with Gasteiger partial charge in [-0.2, -0.15) is 5.10 Å². The van der Waals surface area contributed by atoms with Crippen molar-refractivity contribution in [1.82, 2.24) is 14.6 Å². The van der Waals surface area contributed by atoms with Gasteiger partial charge in [0.15, 0.2) is 20.5 Å². The van der Waals surface area contributed by atoms with Crippen LogP contribution in [-0.2, 0) is 9.84 Å². The fourth-order valence-electron chi connectivity index (χ4n) is 1.48. The van der Waals surface area contributed by atoms with Gasteiger partial charge in [0.05, 0.1) is 12.3 Å². The molecule has 0 spiro atoms. The van der Waals surface area contributed by atoms with Crippen molar-refractivity contribution in [3.8, 4) is 0 Å². The van der Waals surface area contributed by atoms with E-state index in [1.165, 1.54) is 4.52 Å². The molecule has 0 saturated heterocycles. The first-order chi connectivity index (χ1) is 8.27. The Hall–Kier alpha value is -1.85. The number of nitrogens with zero attached hydrogens (tertiary/aromatic N) is 4. The molecule has 2 N–H and O–H groups in total. The number of anilines is 1. The Morgan fingerprint density at radius 2 is 2.11 bits per heavy atom. The van der Waals surface area contributed by atoms with E-state index in [2.05, 4.69) is 14.9 Å². The lowest BCUT2D eigenvalue weighted by atomic mass is 10.4. The van der Waals surface area contributed by atoms with Crippen LogP contribution in [0.1, 0.15) is 5.69 Å².